The van der Waals surface area contributed by atoms with Gasteiger partial charge in [-0.1, -0.05) is 80.4 Å². The van der Waals surface area contributed by atoms with Gasteiger partial charge in [-0.2, -0.15) is 0 Å². The molecule has 0 saturated heterocycles. The zero-order valence-electron chi connectivity index (χ0n) is 20.0. The van der Waals surface area contributed by atoms with Crippen molar-refractivity contribution in [3.8, 4) is 0 Å². The molecule has 0 saturated carbocycles. The van der Waals surface area contributed by atoms with E-state index in [1.807, 2.05) is 22.7 Å². The van der Waals surface area contributed by atoms with Crippen LogP contribution < -0.4 is 0 Å². The molecule has 4 aromatic carbocycles. The van der Waals surface area contributed by atoms with Gasteiger partial charge in [-0.05, 0) is 81.6 Å². The smallest absolute Gasteiger partial charge is 0.0724 e. The standard InChI is InChI=1S/C32H24Br2OS2/c33-27-11-9-23(25(13-27)17-29-15-21-5-1-3-7-31(21)36-29)19-35-20-24-10-12-28(34)14-26(24)18-30-16-22-6-2-4-8-32(22)37-30/h1-16H,17-20H2. The molecule has 0 unspecified atom stereocenters. The second-order valence-corrected chi connectivity index (χ2v) is 13.3. The van der Waals surface area contributed by atoms with Gasteiger partial charge in [-0.15, -0.1) is 22.7 Å². The molecule has 0 aliphatic rings. The number of hydrogen-bond acceptors (Lipinski definition) is 3. The van der Waals surface area contributed by atoms with Crippen molar-refractivity contribution >= 4 is 74.7 Å². The fourth-order valence-electron chi connectivity index (χ4n) is 4.69. The fourth-order valence-corrected chi connectivity index (χ4v) is 7.69. The van der Waals surface area contributed by atoms with Crippen molar-refractivity contribution in [3.05, 3.63) is 138 Å². The molecule has 0 radical (unpaired) electrons. The third kappa shape index (κ3) is 5.92. The van der Waals surface area contributed by atoms with E-state index in [2.05, 4.69) is 129 Å². The van der Waals surface area contributed by atoms with Crippen LogP contribution in [0.4, 0.5) is 0 Å². The van der Waals surface area contributed by atoms with Crippen molar-refractivity contribution in [1.82, 2.24) is 0 Å². The molecular weight excluding hydrogens is 624 g/mol. The van der Waals surface area contributed by atoms with Gasteiger partial charge < -0.3 is 4.74 Å². The predicted octanol–water partition coefficient (Wildman–Crippen LogP) is 10.5. The molecule has 6 aromatic rings. The molecule has 6 rings (SSSR count). The van der Waals surface area contributed by atoms with E-state index in [0.29, 0.717) is 13.2 Å². The number of halogens is 2. The van der Waals surface area contributed by atoms with Crippen LogP contribution in [-0.4, -0.2) is 0 Å². The first-order valence-corrected chi connectivity index (χ1v) is 15.4. The molecule has 0 fully saturated rings. The van der Waals surface area contributed by atoms with Gasteiger partial charge in [-0.3, -0.25) is 0 Å². The van der Waals surface area contributed by atoms with Crippen molar-refractivity contribution in [2.75, 3.05) is 0 Å². The van der Waals surface area contributed by atoms with Gasteiger partial charge in [-0.25, -0.2) is 0 Å². The van der Waals surface area contributed by atoms with Crippen LogP contribution in [0.3, 0.4) is 0 Å². The minimum absolute atomic E-state index is 0.589. The Morgan fingerprint density at radius 2 is 0.973 bits per heavy atom. The molecule has 37 heavy (non-hydrogen) atoms. The Hall–Kier alpha value is -2.28. The number of fused-ring (bicyclic) bond motifs is 2. The summed E-state index contributed by atoms with van der Waals surface area (Å²) in [5.74, 6) is 0. The summed E-state index contributed by atoms with van der Waals surface area (Å²) in [6.45, 7) is 1.18. The maximum Gasteiger partial charge on any atom is 0.0724 e. The average molecular weight is 648 g/mol. The number of thiophene rings is 2. The Labute approximate surface area is 242 Å². The summed E-state index contributed by atoms with van der Waals surface area (Å²) >= 11 is 11.1. The molecule has 0 aliphatic heterocycles. The van der Waals surface area contributed by atoms with Crippen LogP contribution in [0.25, 0.3) is 20.2 Å². The van der Waals surface area contributed by atoms with Crippen LogP contribution in [0, 0.1) is 0 Å². The molecule has 5 heteroatoms. The minimum atomic E-state index is 0.589. The van der Waals surface area contributed by atoms with Gasteiger partial charge in [0.25, 0.3) is 0 Å². The first-order valence-electron chi connectivity index (χ1n) is 12.2. The lowest BCUT2D eigenvalue weighted by atomic mass is 10.0. The molecule has 184 valence electrons. The summed E-state index contributed by atoms with van der Waals surface area (Å²) < 4.78 is 11.2. The quantitative estimate of drug-likeness (QED) is 0.160. The number of benzene rings is 4. The van der Waals surface area contributed by atoms with E-state index in [1.165, 1.54) is 52.2 Å². The predicted molar refractivity (Wildman–Crippen MR) is 166 cm³/mol. The third-order valence-corrected chi connectivity index (χ3v) is 9.75. The summed E-state index contributed by atoms with van der Waals surface area (Å²) in [4.78, 5) is 2.75. The maximum absolute atomic E-state index is 6.34. The molecule has 2 heterocycles. The van der Waals surface area contributed by atoms with Gasteiger partial charge in [0.2, 0.25) is 0 Å². The number of rotatable bonds is 8. The highest BCUT2D eigenvalue weighted by molar-refractivity contribution is 9.10. The number of ether oxygens (including phenoxy) is 1. The summed E-state index contributed by atoms with van der Waals surface area (Å²) in [6.07, 6.45) is 1.82. The summed E-state index contributed by atoms with van der Waals surface area (Å²) in [6, 6.07) is 34.9. The molecule has 0 aliphatic carbocycles. The Morgan fingerprint density at radius 3 is 1.43 bits per heavy atom. The van der Waals surface area contributed by atoms with Gasteiger partial charge in [0.1, 0.15) is 0 Å². The SMILES string of the molecule is Brc1ccc(COCc2ccc(Br)cc2Cc2cc3ccccc3s2)c(Cc2cc3ccccc3s2)c1. The van der Waals surface area contributed by atoms with Crippen LogP contribution in [0.15, 0.2) is 106 Å². The lowest BCUT2D eigenvalue weighted by Gasteiger charge is -2.13. The summed E-state index contributed by atoms with van der Waals surface area (Å²) in [5, 5.41) is 2.63. The van der Waals surface area contributed by atoms with Gasteiger partial charge in [0.15, 0.2) is 0 Å². The van der Waals surface area contributed by atoms with Crippen molar-refractivity contribution < 1.29 is 4.74 Å². The summed E-state index contributed by atoms with van der Waals surface area (Å²) in [7, 11) is 0. The van der Waals surface area contributed by atoms with Gasteiger partial charge in [0.05, 0.1) is 13.2 Å². The van der Waals surface area contributed by atoms with Crippen molar-refractivity contribution in [2.24, 2.45) is 0 Å². The monoisotopic (exact) mass is 646 g/mol. The summed E-state index contributed by atoms with van der Waals surface area (Å²) in [5.41, 5.74) is 5.09. The van der Waals surface area contributed by atoms with E-state index < -0.39 is 0 Å². The van der Waals surface area contributed by atoms with Crippen LogP contribution >= 0.6 is 54.5 Å². The minimum Gasteiger partial charge on any atom is -0.372 e. The topological polar surface area (TPSA) is 9.23 Å². The average Bonchev–Trinajstić information content (AvgIpc) is 3.49. The molecule has 0 atom stereocenters. The zero-order valence-corrected chi connectivity index (χ0v) is 24.9. The van der Waals surface area contributed by atoms with E-state index in [9.17, 15) is 0 Å². The Bertz CT molecular complexity index is 1510. The molecular formula is C32H24Br2OS2. The van der Waals surface area contributed by atoms with Crippen LogP contribution in [0.1, 0.15) is 32.0 Å². The first-order chi connectivity index (χ1) is 18.1. The Morgan fingerprint density at radius 1 is 0.514 bits per heavy atom. The zero-order chi connectivity index (χ0) is 25.2. The Balaban J connectivity index is 1.18. The van der Waals surface area contributed by atoms with Crippen molar-refractivity contribution in [2.45, 2.75) is 26.1 Å². The van der Waals surface area contributed by atoms with E-state index in [-0.39, 0.29) is 0 Å². The van der Waals surface area contributed by atoms with Crippen molar-refractivity contribution in [1.29, 1.82) is 0 Å². The highest BCUT2D eigenvalue weighted by Gasteiger charge is 2.11. The highest BCUT2D eigenvalue weighted by Crippen LogP contribution is 2.31. The van der Waals surface area contributed by atoms with E-state index in [1.54, 1.807) is 0 Å². The third-order valence-electron chi connectivity index (χ3n) is 6.53. The normalized spacial score (nSPS) is 11.5. The van der Waals surface area contributed by atoms with Gasteiger partial charge >= 0.3 is 0 Å². The molecule has 0 bridgehead atoms. The molecule has 2 aromatic heterocycles. The lowest BCUT2D eigenvalue weighted by molar-refractivity contribution is 0.106. The molecule has 0 amide bonds. The number of hydrogen-bond donors (Lipinski definition) is 0. The van der Waals surface area contributed by atoms with Crippen LogP contribution in [0.2, 0.25) is 0 Å². The van der Waals surface area contributed by atoms with Crippen LogP contribution in [-0.2, 0) is 30.8 Å². The van der Waals surface area contributed by atoms with E-state index in [4.69, 9.17) is 4.74 Å². The van der Waals surface area contributed by atoms with Crippen LogP contribution in [0.5, 0.6) is 0 Å². The largest absolute Gasteiger partial charge is 0.372 e. The first kappa shape index (κ1) is 25.0. The van der Waals surface area contributed by atoms with E-state index >= 15 is 0 Å². The van der Waals surface area contributed by atoms with E-state index in [0.717, 1.165) is 21.8 Å². The molecule has 0 spiro atoms. The lowest BCUT2D eigenvalue weighted by Crippen LogP contribution is -2.02. The van der Waals surface area contributed by atoms with Crippen molar-refractivity contribution in [3.63, 3.8) is 0 Å². The second kappa shape index (κ2) is 11.2. The Kier molecular flexibility index (Phi) is 7.59. The highest BCUT2D eigenvalue weighted by atomic mass is 79.9. The fraction of sp³-hybridized carbons (Fsp3) is 0.125. The van der Waals surface area contributed by atoms with Gasteiger partial charge in [0, 0.05) is 40.9 Å². The second-order valence-electron chi connectivity index (χ2n) is 9.17. The molecule has 1 nitrogen and oxygen atoms in total. The maximum atomic E-state index is 6.34. The molecule has 0 N–H and O–H groups in total.